The highest BCUT2D eigenvalue weighted by atomic mass is 16.2. The van der Waals surface area contributed by atoms with E-state index in [1.807, 2.05) is 18.2 Å². The molecular weight excluding hydrogens is 410 g/mol. The van der Waals surface area contributed by atoms with Gasteiger partial charge in [0.1, 0.15) is 0 Å². The molecule has 0 saturated carbocycles. The molecule has 2 aromatic rings. The van der Waals surface area contributed by atoms with Crippen molar-refractivity contribution in [3.05, 3.63) is 70.8 Å². The number of hydrogen-bond donors (Lipinski definition) is 2. The van der Waals surface area contributed by atoms with Crippen LogP contribution in [0.3, 0.4) is 0 Å². The molecule has 33 heavy (non-hydrogen) atoms. The normalized spacial score (nSPS) is 15.1. The van der Waals surface area contributed by atoms with E-state index < -0.39 is 0 Å². The lowest BCUT2D eigenvalue weighted by Crippen LogP contribution is -2.38. The molecule has 1 heterocycles. The van der Waals surface area contributed by atoms with E-state index in [-0.39, 0.29) is 5.91 Å². The van der Waals surface area contributed by atoms with Crippen molar-refractivity contribution in [3.63, 3.8) is 0 Å². The Morgan fingerprint density at radius 2 is 1.70 bits per heavy atom. The molecule has 1 amide bonds. The first-order valence-electron chi connectivity index (χ1n) is 12.1. The second-order valence-corrected chi connectivity index (χ2v) is 8.96. The number of aliphatic imine (C=N–C) groups is 1. The van der Waals surface area contributed by atoms with Crippen LogP contribution in [-0.2, 0) is 19.5 Å². The van der Waals surface area contributed by atoms with Crippen molar-refractivity contribution in [2.75, 3.05) is 40.8 Å². The summed E-state index contributed by atoms with van der Waals surface area (Å²) in [4.78, 5) is 20.8. The smallest absolute Gasteiger partial charge is 0.253 e. The molecule has 0 radical (unpaired) electrons. The lowest BCUT2D eigenvalue weighted by molar-refractivity contribution is 0.0827. The van der Waals surface area contributed by atoms with Gasteiger partial charge in [-0.15, -0.1) is 0 Å². The maximum atomic E-state index is 12.2. The molecule has 0 aliphatic carbocycles. The molecule has 0 aromatic heterocycles. The van der Waals surface area contributed by atoms with Crippen LogP contribution in [0.4, 0.5) is 0 Å². The van der Waals surface area contributed by atoms with E-state index in [2.05, 4.69) is 50.9 Å². The van der Waals surface area contributed by atoms with Gasteiger partial charge in [-0.2, -0.15) is 0 Å². The first kappa shape index (κ1) is 24.8. The maximum absolute atomic E-state index is 12.2. The Kier molecular flexibility index (Phi) is 9.76. The molecule has 1 aliphatic rings. The molecular formula is C27H39N5O. The molecule has 2 aromatic carbocycles. The summed E-state index contributed by atoms with van der Waals surface area (Å²) in [7, 11) is 5.35. The van der Waals surface area contributed by atoms with Gasteiger partial charge in [-0.05, 0) is 61.2 Å². The summed E-state index contributed by atoms with van der Waals surface area (Å²) in [6.07, 6.45) is 6.16. The van der Waals surface area contributed by atoms with Crippen molar-refractivity contribution in [3.8, 4) is 0 Å². The van der Waals surface area contributed by atoms with Crippen molar-refractivity contribution in [1.29, 1.82) is 0 Å². The van der Waals surface area contributed by atoms with Gasteiger partial charge in [0, 0.05) is 46.3 Å². The number of guanidine groups is 1. The Bertz CT molecular complexity index is 916. The van der Waals surface area contributed by atoms with Gasteiger partial charge in [-0.3, -0.25) is 14.7 Å². The first-order chi connectivity index (χ1) is 16.1. The first-order valence-corrected chi connectivity index (χ1v) is 12.1. The summed E-state index contributed by atoms with van der Waals surface area (Å²) < 4.78 is 0. The molecule has 0 atom stereocenters. The number of carbonyl (C=O) groups excluding carboxylic acids is 1. The molecule has 0 spiro atoms. The highest BCUT2D eigenvalue weighted by Crippen LogP contribution is 2.16. The van der Waals surface area contributed by atoms with Crippen LogP contribution >= 0.6 is 0 Å². The molecule has 2 N–H and O–H groups in total. The minimum atomic E-state index is 0.0288. The van der Waals surface area contributed by atoms with Crippen LogP contribution in [0.5, 0.6) is 0 Å². The fourth-order valence-corrected chi connectivity index (χ4v) is 4.26. The summed E-state index contributed by atoms with van der Waals surface area (Å²) in [6.45, 7) is 4.91. The Hall–Kier alpha value is -2.86. The van der Waals surface area contributed by atoms with Crippen molar-refractivity contribution >= 4 is 11.9 Å². The largest absolute Gasteiger partial charge is 0.356 e. The Morgan fingerprint density at radius 3 is 2.39 bits per heavy atom. The van der Waals surface area contributed by atoms with Gasteiger partial charge in [0.15, 0.2) is 5.96 Å². The number of amides is 1. The molecule has 6 nitrogen and oxygen atoms in total. The van der Waals surface area contributed by atoms with Crippen LogP contribution in [0, 0.1) is 0 Å². The van der Waals surface area contributed by atoms with Crippen molar-refractivity contribution in [2.24, 2.45) is 4.99 Å². The Morgan fingerprint density at radius 1 is 0.970 bits per heavy atom. The number of nitrogens with one attached hydrogen (secondary N) is 2. The molecule has 3 rings (SSSR count). The topological polar surface area (TPSA) is 60.0 Å². The van der Waals surface area contributed by atoms with Crippen LogP contribution in [0.1, 0.15) is 52.7 Å². The van der Waals surface area contributed by atoms with E-state index >= 15 is 0 Å². The minimum Gasteiger partial charge on any atom is -0.356 e. The van der Waals surface area contributed by atoms with Gasteiger partial charge < -0.3 is 15.5 Å². The zero-order valence-electron chi connectivity index (χ0n) is 20.4. The summed E-state index contributed by atoms with van der Waals surface area (Å²) in [5.41, 5.74) is 4.57. The summed E-state index contributed by atoms with van der Waals surface area (Å²) in [5, 5.41) is 6.87. The third-order valence-electron chi connectivity index (χ3n) is 6.17. The molecule has 1 saturated heterocycles. The third-order valence-corrected chi connectivity index (χ3v) is 6.17. The highest BCUT2D eigenvalue weighted by molar-refractivity contribution is 5.94. The monoisotopic (exact) mass is 449 g/mol. The van der Waals surface area contributed by atoms with Crippen molar-refractivity contribution in [1.82, 2.24) is 20.4 Å². The van der Waals surface area contributed by atoms with Crippen molar-refractivity contribution < 1.29 is 4.79 Å². The molecule has 178 valence electrons. The van der Waals surface area contributed by atoms with Gasteiger partial charge in [0.2, 0.25) is 0 Å². The van der Waals surface area contributed by atoms with Gasteiger partial charge >= 0.3 is 0 Å². The third kappa shape index (κ3) is 7.90. The highest BCUT2D eigenvalue weighted by Gasteiger charge is 2.12. The van der Waals surface area contributed by atoms with Gasteiger partial charge in [0.25, 0.3) is 5.91 Å². The summed E-state index contributed by atoms with van der Waals surface area (Å²) in [6, 6.07) is 16.5. The Labute approximate surface area is 199 Å². The van der Waals surface area contributed by atoms with E-state index in [9.17, 15) is 4.79 Å². The fraction of sp³-hybridized carbons (Fsp3) is 0.481. The maximum Gasteiger partial charge on any atom is 0.253 e. The zero-order chi connectivity index (χ0) is 23.5. The number of carbonyl (C=O) groups is 1. The fourth-order valence-electron chi connectivity index (χ4n) is 4.26. The molecule has 0 unspecified atom stereocenters. The van der Waals surface area contributed by atoms with E-state index in [0.29, 0.717) is 0 Å². The van der Waals surface area contributed by atoms with E-state index in [4.69, 9.17) is 0 Å². The number of rotatable bonds is 8. The molecule has 6 heteroatoms. The molecule has 0 bridgehead atoms. The summed E-state index contributed by atoms with van der Waals surface area (Å²) >= 11 is 0. The number of benzene rings is 2. The SMILES string of the molecule is CN=C(NCCc1cccc(C(=O)N(C)C)c1)NCc1ccccc1CN1CCCCCC1. The number of nitrogens with zero attached hydrogens (tertiary/aromatic N) is 3. The second-order valence-electron chi connectivity index (χ2n) is 8.96. The minimum absolute atomic E-state index is 0.0288. The van der Waals surface area contributed by atoms with Crippen LogP contribution in [0.15, 0.2) is 53.5 Å². The average Bonchev–Trinajstić information content (AvgIpc) is 3.10. The zero-order valence-corrected chi connectivity index (χ0v) is 20.4. The van der Waals surface area contributed by atoms with Gasteiger partial charge in [-0.1, -0.05) is 49.2 Å². The van der Waals surface area contributed by atoms with Crippen LogP contribution in [0.2, 0.25) is 0 Å². The predicted octanol–water partition coefficient (Wildman–Crippen LogP) is 3.67. The lowest BCUT2D eigenvalue weighted by Gasteiger charge is -2.22. The Balaban J connectivity index is 1.50. The van der Waals surface area contributed by atoms with Gasteiger partial charge in [-0.25, -0.2) is 0 Å². The average molecular weight is 450 g/mol. The van der Waals surface area contributed by atoms with Crippen LogP contribution in [-0.4, -0.2) is 62.4 Å². The van der Waals surface area contributed by atoms with E-state index in [1.165, 1.54) is 49.9 Å². The second kappa shape index (κ2) is 13.0. The quantitative estimate of drug-likeness (QED) is 0.477. The predicted molar refractivity (Wildman–Crippen MR) is 137 cm³/mol. The van der Waals surface area contributed by atoms with E-state index in [0.717, 1.165) is 43.1 Å². The summed E-state index contributed by atoms with van der Waals surface area (Å²) in [5.74, 6) is 0.821. The van der Waals surface area contributed by atoms with E-state index in [1.54, 1.807) is 26.0 Å². The number of hydrogen-bond acceptors (Lipinski definition) is 3. The van der Waals surface area contributed by atoms with Gasteiger partial charge in [0.05, 0.1) is 0 Å². The molecule has 1 fully saturated rings. The number of likely N-dealkylation sites (tertiary alicyclic amines) is 1. The molecule has 1 aliphatic heterocycles. The lowest BCUT2D eigenvalue weighted by atomic mass is 10.1. The van der Waals surface area contributed by atoms with Crippen LogP contribution < -0.4 is 10.6 Å². The van der Waals surface area contributed by atoms with Crippen molar-refractivity contribution in [2.45, 2.75) is 45.2 Å². The standard InChI is InChI=1S/C27H39N5O/c1-28-27(29-16-15-22-11-10-14-23(19-22)26(33)31(2)3)30-20-24-12-6-7-13-25(24)21-32-17-8-4-5-9-18-32/h6-7,10-14,19H,4-5,8-9,15-18,20-21H2,1-3H3,(H2,28,29,30). The van der Waals surface area contributed by atoms with Crippen LogP contribution in [0.25, 0.3) is 0 Å².